The fourth-order valence-corrected chi connectivity index (χ4v) is 3.73. The average molecular weight is 498 g/mol. The number of rotatable bonds is 8. The van der Waals surface area contributed by atoms with E-state index in [1.807, 2.05) is 30.3 Å². The highest BCUT2D eigenvalue weighted by Crippen LogP contribution is 2.35. The van der Waals surface area contributed by atoms with Crippen LogP contribution in [-0.4, -0.2) is 61.9 Å². The predicted octanol–water partition coefficient (Wildman–Crippen LogP) is 1.87. The van der Waals surface area contributed by atoms with E-state index in [1.165, 1.54) is 0 Å². The Hall–Kier alpha value is -4.26. The first-order valence-electron chi connectivity index (χ1n) is 11.4. The molecule has 0 spiro atoms. The number of aromatic amines is 1. The minimum Gasteiger partial charge on any atom is -0.480 e. The molecule has 13 heteroatoms. The van der Waals surface area contributed by atoms with Gasteiger partial charge >= 0.3 is 12.1 Å². The lowest BCUT2D eigenvalue weighted by molar-refractivity contribution is -0.135. The van der Waals surface area contributed by atoms with Crippen molar-refractivity contribution in [1.82, 2.24) is 24.8 Å². The van der Waals surface area contributed by atoms with Gasteiger partial charge in [-0.2, -0.15) is 4.98 Å². The minimum absolute atomic E-state index is 0.0000523. The molecular weight excluding hydrogens is 472 g/mol. The summed E-state index contributed by atoms with van der Waals surface area (Å²) in [5, 5.41) is 13.4. The molecule has 2 atom stereocenters. The molecule has 0 radical (unpaired) electrons. The van der Waals surface area contributed by atoms with Crippen molar-refractivity contribution in [2.45, 2.75) is 39.0 Å². The summed E-state index contributed by atoms with van der Waals surface area (Å²) in [5.74, 6) is -1.34. The molecule has 4 N–H and O–H groups in total. The van der Waals surface area contributed by atoms with Crippen molar-refractivity contribution in [1.29, 1.82) is 0 Å². The maximum atomic E-state index is 12.8. The molecule has 36 heavy (non-hydrogen) atoms. The van der Waals surface area contributed by atoms with Gasteiger partial charge in [-0.3, -0.25) is 29.3 Å². The molecule has 0 bridgehead atoms. The number of fused-ring (bicyclic) bond motifs is 1. The molecule has 2 amide bonds. The first-order valence-corrected chi connectivity index (χ1v) is 11.4. The molecule has 1 aromatic carbocycles. The Morgan fingerprint density at radius 1 is 1.22 bits per heavy atom. The molecule has 190 valence electrons. The summed E-state index contributed by atoms with van der Waals surface area (Å²) in [6.07, 6.45) is -0.859. The number of nitrogens with zero attached hydrogens (tertiary/aromatic N) is 3. The summed E-state index contributed by atoms with van der Waals surface area (Å²) >= 11 is 0. The summed E-state index contributed by atoms with van der Waals surface area (Å²) in [6, 6.07) is 9.22. The third kappa shape index (κ3) is 5.51. The summed E-state index contributed by atoms with van der Waals surface area (Å²) in [6.45, 7) is 2.81. The standard InChI is InChI=1S/C23H26N6O7/c1-12(2)20(32)27-22-26-19-17(21(33)28-22)25-18(13-6-4-3-5-7-13)29(19)15-9-8-14(36-15)11-35-23(34)24-10-16(30)31/h3-7,12,14-15H,8-11H2,1-2H3,(H,24,34)(H,30,31)(H2,26,27,28,32,33)/t14-,15+/m0/s1. The smallest absolute Gasteiger partial charge is 0.407 e. The zero-order valence-electron chi connectivity index (χ0n) is 19.7. The van der Waals surface area contributed by atoms with Gasteiger partial charge in [-0.15, -0.1) is 0 Å². The fourth-order valence-electron chi connectivity index (χ4n) is 3.73. The number of carbonyl (C=O) groups is 3. The van der Waals surface area contributed by atoms with Crippen LogP contribution in [0.2, 0.25) is 0 Å². The number of hydrogen-bond acceptors (Lipinski definition) is 8. The van der Waals surface area contributed by atoms with E-state index >= 15 is 0 Å². The zero-order valence-corrected chi connectivity index (χ0v) is 19.7. The zero-order chi connectivity index (χ0) is 25.8. The molecule has 0 aliphatic carbocycles. The fraction of sp³-hybridized carbons (Fsp3) is 0.391. The second-order valence-corrected chi connectivity index (χ2v) is 8.54. The van der Waals surface area contributed by atoms with E-state index in [9.17, 15) is 19.2 Å². The third-order valence-corrected chi connectivity index (χ3v) is 5.51. The Balaban J connectivity index is 1.64. The highest BCUT2D eigenvalue weighted by atomic mass is 16.6. The average Bonchev–Trinajstić information content (AvgIpc) is 3.46. The van der Waals surface area contributed by atoms with Gasteiger partial charge in [0.1, 0.15) is 25.2 Å². The topological polar surface area (TPSA) is 178 Å². The molecule has 4 rings (SSSR count). The second-order valence-electron chi connectivity index (χ2n) is 8.54. The van der Waals surface area contributed by atoms with Crippen molar-refractivity contribution in [2.75, 3.05) is 18.5 Å². The van der Waals surface area contributed by atoms with Gasteiger partial charge in [0.15, 0.2) is 11.2 Å². The number of ether oxygens (including phenoxy) is 2. The van der Waals surface area contributed by atoms with Crippen LogP contribution in [0.3, 0.4) is 0 Å². The Labute approximate surface area is 204 Å². The van der Waals surface area contributed by atoms with Crippen molar-refractivity contribution in [3.63, 3.8) is 0 Å². The van der Waals surface area contributed by atoms with E-state index in [-0.39, 0.29) is 35.5 Å². The van der Waals surface area contributed by atoms with E-state index in [0.717, 1.165) is 5.56 Å². The van der Waals surface area contributed by atoms with Crippen molar-refractivity contribution < 1.29 is 29.0 Å². The van der Waals surface area contributed by atoms with Gasteiger partial charge < -0.3 is 19.9 Å². The molecule has 1 fully saturated rings. The molecule has 0 unspecified atom stereocenters. The number of carbonyl (C=O) groups excluding carboxylic acids is 2. The van der Waals surface area contributed by atoms with Crippen molar-refractivity contribution >= 4 is 35.1 Å². The first-order chi connectivity index (χ1) is 17.2. The molecule has 0 saturated carbocycles. The van der Waals surface area contributed by atoms with E-state index < -0.39 is 36.5 Å². The normalized spacial score (nSPS) is 17.3. The number of carboxylic acids is 1. The number of nitrogens with one attached hydrogen (secondary N) is 3. The Kier molecular flexibility index (Phi) is 7.29. The minimum atomic E-state index is -1.18. The molecule has 1 saturated heterocycles. The first kappa shape index (κ1) is 24.9. The summed E-state index contributed by atoms with van der Waals surface area (Å²) in [4.78, 5) is 58.9. The number of benzene rings is 1. The number of anilines is 1. The Bertz CT molecular complexity index is 1330. The van der Waals surface area contributed by atoms with Gasteiger partial charge in [0, 0.05) is 11.5 Å². The molecule has 3 aromatic rings. The second kappa shape index (κ2) is 10.6. The lowest BCUT2D eigenvalue weighted by Gasteiger charge is -2.18. The lowest BCUT2D eigenvalue weighted by atomic mass is 10.2. The van der Waals surface area contributed by atoms with Crippen molar-refractivity contribution in [3.05, 3.63) is 40.7 Å². The number of H-pyrrole nitrogens is 1. The third-order valence-electron chi connectivity index (χ3n) is 5.51. The number of hydrogen-bond donors (Lipinski definition) is 4. The quantitative estimate of drug-likeness (QED) is 0.361. The van der Waals surface area contributed by atoms with E-state index in [1.54, 1.807) is 18.4 Å². The van der Waals surface area contributed by atoms with Gasteiger partial charge in [-0.1, -0.05) is 44.2 Å². The van der Waals surface area contributed by atoms with Gasteiger partial charge in [0.2, 0.25) is 11.9 Å². The van der Waals surface area contributed by atoms with Crippen LogP contribution in [0.25, 0.3) is 22.6 Å². The Morgan fingerprint density at radius 2 is 1.97 bits per heavy atom. The molecular formula is C23H26N6O7. The predicted molar refractivity (Wildman–Crippen MR) is 127 cm³/mol. The van der Waals surface area contributed by atoms with Crippen LogP contribution in [-0.2, 0) is 19.1 Å². The molecule has 1 aliphatic rings. The maximum absolute atomic E-state index is 12.8. The number of imidazole rings is 1. The van der Waals surface area contributed by atoms with Gasteiger partial charge in [-0.25, -0.2) is 9.78 Å². The summed E-state index contributed by atoms with van der Waals surface area (Å²) in [7, 11) is 0. The van der Waals surface area contributed by atoms with Crippen molar-refractivity contribution in [3.8, 4) is 11.4 Å². The highest BCUT2D eigenvalue weighted by Gasteiger charge is 2.32. The Morgan fingerprint density at radius 3 is 2.67 bits per heavy atom. The van der Waals surface area contributed by atoms with Crippen molar-refractivity contribution in [2.24, 2.45) is 5.92 Å². The van der Waals surface area contributed by atoms with Crippen LogP contribution in [0.5, 0.6) is 0 Å². The van der Waals surface area contributed by atoms with E-state index in [4.69, 9.17) is 14.6 Å². The van der Waals surface area contributed by atoms with Crippen LogP contribution >= 0.6 is 0 Å². The largest absolute Gasteiger partial charge is 0.480 e. The van der Waals surface area contributed by atoms with Crippen LogP contribution < -0.4 is 16.2 Å². The number of carboxylic acid groups (broad SMARTS) is 1. The van der Waals surface area contributed by atoms with Gasteiger partial charge in [-0.05, 0) is 12.8 Å². The number of aliphatic carboxylic acids is 1. The maximum Gasteiger partial charge on any atom is 0.407 e. The SMILES string of the molecule is CC(C)C(=O)Nc1nc2c(nc(-c3ccccc3)n2[C@H]2CC[C@@H](COC(=O)NCC(=O)O)O2)c(=O)[nH]1. The molecule has 1 aliphatic heterocycles. The van der Waals surface area contributed by atoms with Crippen LogP contribution in [0.1, 0.15) is 32.9 Å². The highest BCUT2D eigenvalue weighted by molar-refractivity contribution is 5.91. The number of aromatic nitrogens is 4. The summed E-state index contributed by atoms with van der Waals surface area (Å²) < 4.78 is 12.9. The van der Waals surface area contributed by atoms with Gasteiger partial charge in [0.25, 0.3) is 5.56 Å². The lowest BCUT2D eigenvalue weighted by Crippen LogP contribution is -2.32. The summed E-state index contributed by atoms with van der Waals surface area (Å²) in [5.41, 5.74) is 0.553. The van der Waals surface area contributed by atoms with E-state index in [0.29, 0.717) is 18.7 Å². The number of amides is 2. The number of alkyl carbamates (subject to hydrolysis) is 1. The van der Waals surface area contributed by atoms with E-state index in [2.05, 4.69) is 25.6 Å². The molecule has 2 aromatic heterocycles. The van der Waals surface area contributed by atoms with Crippen LogP contribution in [0.4, 0.5) is 10.7 Å². The van der Waals surface area contributed by atoms with Gasteiger partial charge in [0.05, 0.1) is 6.10 Å². The molecule has 13 nitrogen and oxygen atoms in total. The molecule has 3 heterocycles. The van der Waals surface area contributed by atoms with Crippen LogP contribution in [0.15, 0.2) is 35.1 Å². The van der Waals surface area contributed by atoms with Crippen LogP contribution in [0, 0.1) is 5.92 Å². The monoisotopic (exact) mass is 498 g/mol.